The molecule has 1 saturated heterocycles. The summed E-state index contributed by atoms with van der Waals surface area (Å²) in [6.07, 6.45) is 0. The van der Waals surface area contributed by atoms with Crippen LogP contribution < -0.4 is 5.63 Å². The first-order chi connectivity index (χ1) is 13.0. The average Bonchev–Trinajstić information content (AvgIpc) is 3.11. The molecule has 0 spiro atoms. The van der Waals surface area contributed by atoms with E-state index in [4.69, 9.17) is 16.0 Å². The summed E-state index contributed by atoms with van der Waals surface area (Å²) in [5.41, 5.74) is 0.654. The predicted octanol–water partition coefficient (Wildman–Crippen LogP) is 5.86. The molecule has 1 amide bonds. The van der Waals surface area contributed by atoms with Gasteiger partial charge in [0.2, 0.25) is 0 Å². The molecule has 0 bridgehead atoms. The van der Waals surface area contributed by atoms with Gasteiger partial charge >= 0.3 is 5.63 Å². The molecule has 1 aliphatic rings. The fourth-order valence-electron chi connectivity index (χ4n) is 3.07. The molecule has 0 aliphatic carbocycles. The van der Waals surface area contributed by atoms with Gasteiger partial charge in [0.25, 0.3) is 5.91 Å². The van der Waals surface area contributed by atoms with Crippen LogP contribution in [-0.4, -0.2) is 23.1 Å². The zero-order chi connectivity index (χ0) is 19.1. The Balaban J connectivity index is 1.77. The molecular weight excluding hydrogens is 518 g/mol. The zero-order valence-corrected chi connectivity index (χ0v) is 18.5. The fraction of sp³-hybridized carbons (Fsp3) is 0.158. The standard InChI is InChI=1S/C19H12Br2ClNO3S/c20-11-7-10-8-13(19(25)26-16(10)14(21)9-11)17(24)23-5-6-27-18(23)12-3-1-2-4-15(12)22/h1-4,7-9,18H,5-6H2. The van der Waals surface area contributed by atoms with Crippen molar-refractivity contribution in [1.82, 2.24) is 4.90 Å². The van der Waals surface area contributed by atoms with E-state index in [2.05, 4.69) is 31.9 Å². The van der Waals surface area contributed by atoms with E-state index < -0.39 is 5.63 Å². The summed E-state index contributed by atoms with van der Waals surface area (Å²) in [6, 6.07) is 12.6. The minimum Gasteiger partial charge on any atom is -0.421 e. The Hall–Kier alpha value is -1.28. The van der Waals surface area contributed by atoms with Crippen LogP contribution in [0.4, 0.5) is 0 Å². The number of carbonyl (C=O) groups is 1. The predicted molar refractivity (Wildman–Crippen MR) is 116 cm³/mol. The van der Waals surface area contributed by atoms with Crippen molar-refractivity contribution in [1.29, 1.82) is 0 Å². The van der Waals surface area contributed by atoms with Crippen molar-refractivity contribution in [2.24, 2.45) is 0 Å². The maximum Gasteiger partial charge on any atom is 0.349 e. The zero-order valence-electron chi connectivity index (χ0n) is 13.7. The van der Waals surface area contributed by atoms with Gasteiger partial charge in [-0.2, -0.15) is 0 Å². The van der Waals surface area contributed by atoms with Gasteiger partial charge in [0.1, 0.15) is 10.9 Å². The number of benzene rings is 2. The Morgan fingerprint density at radius 3 is 2.78 bits per heavy atom. The Morgan fingerprint density at radius 2 is 2.00 bits per heavy atom. The topological polar surface area (TPSA) is 50.5 Å². The molecule has 1 unspecified atom stereocenters. The quantitative estimate of drug-likeness (QED) is 0.391. The van der Waals surface area contributed by atoms with Gasteiger partial charge in [0.05, 0.1) is 4.47 Å². The highest BCUT2D eigenvalue weighted by molar-refractivity contribution is 9.11. The molecule has 8 heteroatoms. The summed E-state index contributed by atoms with van der Waals surface area (Å²) in [5.74, 6) is 0.425. The third-order valence-electron chi connectivity index (χ3n) is 4.31. The van der Waals surface area contributed by atoms with E-state index in [1.165, 1.54) is 0 Å². The molecule has 27 heavy (non-hydrogen) atoms. The lowest BCUT2D eigenvalue weighted by Gasteiger charge is -2.24. The summed E-state index contributed by atoms with van der Waals surface area (Å²) in [6.45, 7) is 0.541. The molecule has 1 fully saturated rings. The van der Waals surface area contributed by atoms with Crippen LogP contribution in [-0.2, 0) is 0 Å². The maximum absolute atomic E-state index is 13.2. The summed E-state index contributed by atoms with van der Waals surface area (Å²) >= 11 is 14.7. The van der Waals surface area contributed by atoms with Crippen molar-refractivity contribution in [2.75, 3.05) is 12.3 Å². The Morgan fingerprint density at radius 1 is 1.22 bits per heavy atom. The van der Waals surface area contributed by atoms with Crippen LogP contribution in [0.25, 0.3) is 11.0 Å². The summed E-state index contributed by atoms with van der Waals surface area (Å²) in [4.78, 5) is 27.3. The van der Waals surface area contributed by atoms with E-state index in [1.807, 2.05) is 24.3 Å². The molecule has 0 saturated carbocycles. The molecule has 1 aromatic heterocycles. The van der Waals surface area contributed by atoms with Crippen molar-refractivity contribution in [3.8, 4) is 0 Å². The van der Waals surface area contributed by atoms with Crippen molar-refractivity contribution >= 4 is 72.1 Å². The number of carbonyl (C=O) groups excluding carboxylic acids is 1. The molecule has 1 aliphatic heterocycles. The number of halogens is 3. The number of amides is 1. The first-order valence-electron chi connectivity index (χ1n) is 8.05. The van der Waals surface area contributed by atoms with Crippen molar-refractivity contribution in [3.05, 3.63) is 78.0 Å². The molecule has 4 nitrogen and oxygen atoms in total. The molecule has 0 radical (unpaired) electrons. The third kappa shape index (κ3) is 3.58. The Labute approximate surface area is 181 Å². The van der Waals surface area contributed by atoms with E-state index in [1.54, 1.807) is 34.9 Å². The van der Waals surface area contributed by atoms with Crippen LogP contribution >= 0.6 is 55.2 Å². The molecule has 3 aromatic rings. The average molecular weight is 530 g/mol. The lowest BCUT2D eigenvalue weighted by atomic mass is 10.1. The van der Waals surface area contributed by atoms with Gasteiger partial charge in [-0.05, 0) is 40.2 Å². The first kappa shape index (κ1) is 19.1. The van der Waals surface area contributed by atoms with E-state index in [0.717, 1.165) is 15.8 Å². The van der Waals surface area contributed by atoms with E-state index >= 15 is 0 Å². The second kappa shape index (κ2) is 7.62. The fourth-order valence-corrected chi connectivity index (χ4v) is 6.01. The minimum atomic E-state index is -0.648. The number of fused-ring (bicyclic) bond motifs is 1. The van der Waals surface area contributed by atoms with Crippen LogP contribution in [0.1, 0.15) is 21.3 Å². The van der Waals surface area contributed by atoms with Gasteiger partial charge in [-0.1, -0.05) is 45.7 Å². The molecular formula is C19H12Br2ClNO3S. The highest BCUT2D eigenvalue weighted by atomic mass is 79.9. The summed E-state index contributed by atoms with van der Waals surface area (Å²) in [5, 5.41) is 1.05. The van der Waals surface area contributed by atoms with E-state index in [0.29, 0.717) is 27.0 Å². The SMILES string of the molecule is O=C(c1cc2cc(Br)cc(Br)c2oc1=O)N1CCSC1c1ccccc1Cl. The van der Waals surface area contributed by atoms with Gasteiger partial charge in [-0.3, -0.25) is 4.79 Å². The smallest absolute Gasteiger partial charge is 0.349 e. The normalized spacial score (nSPS) is 16.9. The largest absolute Gasteiger partial charge is 0.421 e. The van der Waals surface area contributed by atoms with Gasteiger partial charge < -0.3 is 9.32 Å². The van der Waals surface area contributed by atoms with Crippen LogP contribution in [0.2, 0.25) is 5.02 Å². The van der Waals surface area contributed by atoms with Gasteiger partial charge in [0.15, 0.2) is 5.58 Å². The van der Waals surface area contributed by atoms with E-state index in [-0.39, 0.29) is 16.8 Å². The number of hydrogen-bond acceptors (Lipinski definition) is 4. The monoisotopic (exact) mass is 527 g/mol. The van der Waals surface area contributed by atoms with Crippen molar-refractivity contribution in [2.45, 2.75) is 5.37 Å². The van der Waals surface area contributed by atoms with E-state index in [9.17, 15) is 9.59 Å². The number of nitrogens with zero attached hydrogens (tertiary/aromatic N) is 1. The van der Waals surface area contributed by atoms with Gasteiger partial charge in [-0.25, -0.2) is 4.79 Å². The van der Waals surface area contributed by atoms with Gasteiger partial charge in [-0.15, -0.1) is 11.8 Å². The molecule has 2 heterocycles. The van der Waals surface area contributed by atoms with Crippen molar-refractivity contribution < 1.29 is 9.21 Å². The van der Waals surface area contributed by atoms with Crippen LogP contribution in [0.15, 0.2) is 60.6 Å². The molecule has 1 atom stereocenters. The lowest BCUT2D eigenvalue weighted by molar-refractivity contribution is 0.0756. The molecule has 2 aromatic carbocycles. The highest BCUT2D eigenvalue weighted by Crippen LogP contribution is 2.41. The highest BCUT2D eigenvalue weighted by Gasteiger charge is 2.34. The van der Waals surface area contributed by atoms with Crippen LogP contribution in [0.5, 0.6) is 0 Å². The molecule has 138 valence electrons. The lowest BCUT2D eigenvalue weighted by Crippen LogP contribution is -2.33. The number of hydrogen-bond donors (Lipinski definition) is 0. The van der Waals surface area contributed by atoms with Gasteiger partial charge in [0, 0.05) is 32.7 Å². The molecule has 4 rings (SSSR count). The summed E-state index contributed by atoms with van der Waals surface area (Å²) < 4.78 is 6.89. The van der Waals surface area contributed by atoms with Crippen molar-refractivity contribution in [3.63, 3.8) is 0 Å². The first-order valence-corrected chi connectivity index (χ1v) is 11.1. The van der Waals surface area contributed by atoms with Crippen LogP contribution in [0.3, 0.4) is 0 Å². The Kier molecular flexibility index (Phi) is 5.38. The van der Waals surface area contributed by atoms with Crippen LogP contribution in [0, 0.1) is 0 Å². The second-order valence-corrected chi connectivity index (χ2v) is 9.36. The number of rotatable bonds is 2. The minimum absolute atomic E-state index is 0.0204. The number of thioether (sulfide) groups is 1. The maximum atomic E-state index is 13.2. The Bertz CT molecular complexity index is 1120. The molecule has 0 N–H and O–H groups in total. The summed E-state index contributed by atoms with van der Waals surface area (Å²) in [7, 11) is 0. The second-order valence-electron chi connectivity index (χ2n) is 6.00. The third-order valence-corrected chi connectivity index (χ3v) is 6.94.